The van der Waals surface area contributed by atoms with Gasteiger partial charge in [-0.3, -0.25) is 4.79 Å². The second-order valence-electron chi connectivity index (χ2n) is 6.82. The number of phenols is 1. The molecule has 0 atom stereocenters. The molecule has 1 aliphatic rings. The van der Waals surface area contributed by atoms with Crippen LogP contribution in [0.3, 0.4) is 0 Å². The predicted molar refractivity (Wildman–Crippen MR) is 100 cm³/mol. The fraction of sp³-hybridized carbons (Fsp3) is 0.381. The van der Waals surface area contributed by atoms with Crippen LogP contribution in [0.4, 0.5) is 0 Å². The van der Waals surface area contributed by atoms with E-state index in [-0.39, 0.29) is 24.4 Å². The molecule has 2 aromatic carbocycles. The average molecular weight is 355 g/mol. The molecule has 1 N–H and O–H groups in total. The molecule has 0 saturated heterocycles. The van der Waals surface area contributed by atoms with E-state index in [0.29, 0.717) is 25.4 Å². The molecule has 1 amide bonds. The van der Waals surface area contributed by atoms with Gasteiger partial charge < -0.3 is 19.5 Å². The van der Waals surface area contributed by atoms with E-state index in [4.69, 9.17) is 9.47 Å². The topological polar surface area (TPSA) is 59.0 Å². The fourth-order valence-electron chi connectivity index (χ4n) is 3.09. The van der Waals surface area contributed by atoms with E-state index in [1.165, 1.54) is 0 Å². The Balaban J connectivity index is 1.90. The second-order valence-corrected chi connectivity index (χ2v) is 6.82. The van der Waals surface area contributed by atoms with Crippen molar-refractivity contribution >= 4 is 5.91 Å². The first-order valence-corrected chi connectivity index (χ1v) is 8.89. The molecule has 1 aliphatic heterocycles. The molecule has 0 saturated carbocycles. The van der Waals surface area contributed by atoms with E-state index in [9.17, 15) is 9.90 Å². The number of hydrogen-bond donors (Lipinski definition) is 1. The maximum atomic E-state index is 12.4. The number of ether oxygens (including phenoxy) is 2. The van der Waals surface area contributed by atoms with Crippen molar-refractivity contribution in [2.45, 2.75) is 33.4 Å². The molecule has 5 heteroatoms. The molecule has 0 spiro atoms. The number of fused-ring (bicyclic) bond motifs is 1. The Hall–Kier alpha value is -2.53. The molecule has 0 bridgehead atoms. The highest BCUT2D eigenvalue weighted by Gasteiger charge is 2.23. The van der Waals surface area contributed by atoms with Crippen LogP contribution in [0.25, 0.3) is 11.1 Å². The summed E-state index contributed by atoms with van der Waals surface area (Å²) in [5.74, 6) is 0.492. The van der Waals surface area contributed by atoms with Crippen molar-refractivity contribution in [3.63, 3.8) is 0 Å². The number of hydrogen-bond acceptors (Lipinski definition) is 4. The zero-order valence-electron chi connectivity index (χ0n) is 15.5. The summed E-state index contributed by atoms with van der Waals surface area (Å²) in [5, 5.41) is 10.5. The number of amides is 1. The minimum Gasteiger partial charge on any atom is -0.504 e. The van der Waals surface area contributed by atoms with Gasteiger partial charge in [-0.1, -0.05) is 24.3 Å². The molecule has 1 heterocycles. The molecule has 0 fully saturated rings. The van der Waals surface area contributed by atoms with E-state index in [1.807, 2.05) is 51.1 Å². The summed E-state index contributed by atoms with van der Waals surface area (Å²) in [6, 6.07) is 11.7. The first-order valence-electron chi connectivity index (χ1n) is 8.89. The predicted octanol–water partition coefficient (Wildman–Crippen LogP) is 3.51. The molecular formula is C21H25NO4. The van der Waals surface area contributed by atoms with Crippen LogP contribution >= 0.6 is 0 Å². The summed E-state index contributed by atoms with van der Waals surface area (Å²) in [6.07, 6.45) is 0.00571. The molecule has 0 aromatic heterocycles. The van der Waals surface area contributed by atoms with E-state index < -0.39 is 0 Å². The van der Waals surface area contributed by atoms with Gasteiger partial charge in [0.05, 0.1) is 12.6 Å². The van der Waals surface area contributed by atoms with Gasteiger partial charge in [-0.05, 0) is 49.6 Å². The summed E-state index contributed by atoms with van der Waals surface area (Å²) in [7, 11) is 0. The van der Waals surface area contributed by atoms with Crippen LogP contribution in [0.2, 0.25) is 0 Å². The highest BCUT2D eigenvalue weighted by Crippen LogP contribution is 2.38. The minimum atomic E-state index is -0.0732. The molecule has 3 rings (SSSR count). The molecule has 0 radical (unpaired) electrons. The highest BCUT2D eigenvalue weighted by atomic mass is 16.5. The molecule has 0 aliphatic carbocycles. The minimum absolute atomic E-state index is 0.00571. The van der Waals surface area contributed by atoms with Crippen LogP contribution in [0.1, 0.15) is 25.0 Å². The molecule has 26 heavy (non-hydrogen) atoms. The lowest BCUT2D eigenvalue weighted by Crippen LogP contribution is -2.35. The van der Waals surface area contributed by atoms with Gasteiger partial charge in [-0.2, -0.15) is 0 Å². The number of rotatable bonds is 4. The van der Waals surface area contributed by atoms with Crippen molar-refractivity contribution in [2.75, 3.05) is 19.8 Å². The van der Waals surface area contributed by atoms with E-state index in [0.717, 1.165) is 22.3 Å². The third-order valence-electron chi connectivity index (χ3n) is 4.46. The monoisotopic (exact) mass is 355 g/mol. The normalized spacial score (nSPS) is 13.9. The Kier molecular flexibility index (Phi) is 5.47. The van der Waals surface area contributed by atoms with Gasteiger partial charge in [0.1, 0.15) is 13.2 Å². The summed E-state index contributed by atoms with van der Waals surface area (Å²) in [6.45, 7) is 7.10. The third-order valence-corrected chi connectivity index (χ3v) is 4.46. The number of nitrogens with zero attached hydrogens (tertiary/aromatic N) is 1. The van der Waals surface area contributed by atoms with Crippen molar-refractivity contribution in [3.8, 4) is 22.6 Å². The molecular weight excluding hydrogens is 330 g/mol. The van der Waals surface area contributed by atoms with Crippen LogP contribution in [-0.4, -0.2) is 41.8 Å². The highest BCUT2D eigenvalue weighted by molar-refractivity contribution is 5.78. The lowest BCUT2D eigenvalue weighted by Gasteiger charge is -2.21. The van der Waals surface area contributed by atoms with Crippen molar-refractivity contribution < 1.29 is 19.4 Å². The number of benzene rings is 2. The lowest BCUT2D eigenvalue weighted by molar-refractivity contribution is -0.138. The largest absolute Gasteiger partial charge is 0.504 e. The smallest absolute Gasteiger partial charge is 0.249 e. The molecule has 5 nitrogen and oxygen atoms in total. The van der Waals surface area contributed by atoms with Gasteiger partial charge in [0.15, 0.2) is 11.5 Å². The van der Waals surface area contributed by atoms with Gasteiger partial charge in [-0.25, -0.2) is 0 Å². The van der Waals surface area contributed by atoms with Crippen molar-refractivity contribution in [3.05, 3.63) is 47.5 Å². The lowest BCUT2D eigenvalue weighted by atomic mass is 9.98. The van der Waals surface area contributed by atoms with E-state index in [2.05, 4.69) is 0 Å². The molecule has 0 unspecified atom stereocenters. The Labute approximate surface area is 154 Å². The number of carbonyl (C=O) groups is 1. The van der Waals surface area contributed by atoms with Crippen molar-refractivity contribution in [1.82, 2.24) is 4.90 Å². The van der Waals surface area contributed by atoms with Gasteiger partial charge in [0.2, 0.25) is 5.91 Å². The Morgan fingerprint density at radius 1 is 1.31 bits per heavy atom. The van der Waals surface area contributed by atoms with Gasteiger partial charge in [0.25, 0.3) is 0 Å². The zero-order valence-corrected chi connectivity index (χ0v) is 15.5. The standard InChI is InChI=1S/C21H25NO4/c1-14(2)26-13-20(24)22-8-9-25-21-17(12-22)10-16(11-19(21)23)18-7-5-4-6-15(18)3/h4-7,10-11,14,23H,8-9,12-13H2,1-3H3. The average Bonchev–Trinajstić information content (AvgIpc) is 2.83. The third kappa shape index (κ3) is 3.99. The second kappa shape index (κ2) is 7.79. The molecule has 138 valence electrons. The van der Waals surface area contributed by atoms with Crippen LogP contribution < -0.4 is 4.74 Å². The number of phenolic OH excluding ortho intramolecular Hbond substituents is 1. The quantitative estimate of drug-likeness (QED) is 0.912. The fourth-order valence-corrected chi connectivity index (χ4v) is 3.09. The maximum absolute atomic E-state index is 12.4. The van der Waals surface area contributed by atoms with Crippen molar-refractivity contribution in [1.29, 1.82) is 0 Å². The Morgan fingerprint density at radius 2 is 2.08 bits per heavy atom. The number of aromatic hydroxyl groups is 1. The Bertz CT molecular complexity index is 801. The number of aryl methyl sites for hydroxylation is 1. The van der Waals surface area contributed by atoms with Crippen LogP contribution in [-0.2, 0) is 16.1 Å². The van der Waals surface area contributed by atoms with E-state index >= 15 is 0 Å². The van der Waals surface area contributed by atoms with E-state index in [1.54, 1.807) is 11.0 Å². The van der Waals surface area contributed by atoms with Gasteiger partial charge in [-0.15, -0.1) is 0 Å². The van der Waals surface area contributed by atoms with Crippen molar-refractivity contribution in [2.24, 2.45) is 0 Å². The van der Waals surface area contributed by atoms with Crippen LogP contribution in [0.15, 0.2) is 36.4 Å². The summed E-state index contributed by atoms with van der Waals surface area (Å²) in [5.41, 5.74) is 3.89. The van der Waals surface area contributed by atoms with Gasteiger partial charge >= 0.3 is 0 Å². The maximum Gasteiger partial charge on any atom is 0.249 e. The molecule has 2 aromatic rings. The van der Waals surface area contributed by atoms with Crippen LogP contribution in [0.5, 0.6) is 11.5 Å². The first kappa shape index (κ1) is 18.3. The van der Waals surface area contributed by atoms with Gasteiger partial charge in [0, 0.05) is 12.1 Å². The first-order chi connectivity index (χ1) is 12.5. The zero-order chi connectivity index (χ0) is 18.7. The summed E-state index contributed by atoms with van der Waals surface area (Å²) >= 11 is 0. The SMILES string of the molecule is Cc1ccccc1-c1cc(O)c2c(c1)CN(C(=O)COC(C)C)CCO2. The number of carbonyl (C=O) groups excluding carboxylic acids is 1. The summed E-state index contributed by atoms with van der Waals surface area (Å²) in [4.78, 5) is 14.2. The summed E-state index contributed by atoms with van der Waals surface area (Å²) < 4.78 is 11.2. The Morgan fingerprint density at radius 3 is 2.81 bits per heavy atom. The van der Waals surface area contributed by atoms with Crippen LogP contribution in [0, 0.1) is 6.92 Å².